The number of rotatable bonds is 6. The third-order valence-corrected chi connectivity index (χ3v) is 4.50. The maximum atomic E-state index is 12.3. The van der Waals surface area contributed by atoms with Gasteiger partial charge >= 0.3 is 5.97 Å². The average Bonchev–Trinajstić information content (AvgIpc) is 3.03. The molecule has 5 nitrogen and oxygen atoms in total. The van der Waals surface area contributed by atoms with E-state index in [4.69, 9.17) is 4.74 Å². The lowest BCUT2D eigenvalue weighted by atomic mass is 9.84. The van der Waals surface area contributed by atoms with Crippen LogP contribution in [0.2, 0.25) is 0 Å². The van der Waals surface area contributed by atoms with Gasteiger partial charge in [0.2, 0.25) is 0 Å². The van der Waals surface area contributed by atoms with E-state index in [1.807, 2.05) is 26.2 Å². The molecular formula is C15H25N3O2. The number of carbonyl (C=O) groups excluding carboxylic acids is 1. The van der Waals surface area contributed by atoms with Crippen LogP contribution < -0.4 is 5.32 Å². The molecule has 0 saturated heterocycles. The second-order valence-corrected chi connectivity index (χ2v) is 5.54. The number of esters is 1. The van der Waals surface area contributed by atoms with Crippen LogP contribution in [-0.4, -0.2) is 34.7 Å². The lowest BCUT2D eigenvalue weighted by molar-refractivity contribution is -0.150. The Morgan fingerprint density at radius 1 is 1.65 bits per heavy atom. The summed E-state index contributed by atoms with van der Waals surface area (Å²) in [5, 5.41) is 3.40. The molecule has 1 aliphatic rings. The van der Waals surface area contributed by atoms with Crippen LogP contribution in [0.4, 0.5) is 0 Å². The molecule has 5 heteroatoms. The van der Waals surface area contributed by atoms with Gasteiger partial charge in [0, 0.05) is 18.9 Å². The molecule has 1 heterocycles. The van der Waals surface area contributed by atoms with Crippen molar-refractivity contribution in [2.24, 2.45) is 5.92 Å². The summed E-state index contributed by atoms with van der Waals surface area (Å²) in [5.74, 6) is 1.25. The molecule has 1 saturated carbocycles. The Morgan fingerprint density at radius 2 is 2.45 bits per heavy atom. The van der Waals surface area contributed by atoms with E-state index in [-0.39, 0.29) is 5.97 Å². The van der Waals surface area contributed by atoms with Crippen LogP contribution in [0.25, 0.3) is 0 Å². The number of nitrogens with one attached hydrogen (secondary N) is 1. The minimum atomic E-state index is -0.488. The van der Waals surface area contributed by atoms with E-state index in [0.29, 0.717) is 5.92 Å². The monoisotopic (exact) mass is 279 g/mol. The number of hydrogen-bond donors (Lipinski definition) is 1. The highest BCUT2D eigenvalue weighted by Crippen LogP contribution is 2.39. The Hall–Kier alpha value is -1.36. The predicted octanol–water partition coefficient (Wildman–Crippen LogP) is 1.90. The fourth-order valence-corrected chi connectivity index (χ4v) is 3.47. The molecular weight excluding hydrogens is 254 g/mol. The Kier molecular flexibility index (Phi) is 4.81. The van der Waals surface area contributed by atoms with E-state index in [1.165, 1.54) is 7.11 Å². The van der Waals surface area contributed by atoms with Crippen LogP contribution in [0, 0.1) is 12.8 Å². The summed E-state index contributed by atoms with van der Waals surface area (Å²) in [6, 6.07) is 0. The molecule has 1 aromatic heterocycles. The summed E-state index contributed by atoms with van der Waals surface area (Å²) in [7, 11) is 1.48. The lowest BCUT2D eigenvalue weighted by Crippen LogP contribution is -2.55. The number of imidazole rings is 1. The number of ether oxygens (including phenoxy) is 1. The van der Waals surface area contributed by atoms with E-state index < -0.39 is 5.54 Å². The molecule has 2 rings (SSSR count). The highest BCUT2D eigenvalue weighted by atomic mass is 16.5. The molecule has 1 N–H and O–H groups in total. The lowest BCUT2D eigenvalue weighted by Gasteiger charge is -2.33. The molecule has 0 radical (unpaired) electrons. The van der Waals surface area contributed by atoms with Crippen molar-refractivity contribution in [1.29, 1.82) is 0 Å². The Bertz CT molecular complexity index is 458. The number of nitrogens with zero attached hydrogens (tertiary/aromatic N) is 2. The van der Waals surface area contributed by atoms with Gasteiger partial charge in [0.25, 0.3) is 0 Å². The van der Waals surface area contributed by atoms with Crippen LogP contribution in [0.3, 0.4) is 0 Å². The second-order valence-electron chi connectivity index (χ2n) is 5.54. The SMILES string of the molecule is CCNC1(C(=O)OC)CCCC1CCn1ccnc1C. The molecule has 2 unspecified atom stereocenters. The van der Waals surface area contributed by atoms with Crippen molar-refractivity contribution in [1.82, 2.24) is 14.9 Å². The first-order valence-corrected chi connectivity index (χ1v) is 7.45. The highest BCUT2D eigenvalue weighted by molar-refractivity contribution is 5.81. The number of methoxy groups -OCH3 is 1. The number of aryl methyl sites for hydroxylation is 2. The standard InChI is InChI=1S/C15H25N3O2/c1-4-17-15(14(19)20-3)8-5-6-13(15)7-10-18-11-9-16-12(18)2/h9,11,13,17H,4-8,10H2,1-3H3. The molecule has 0 aromatic carbocycles. The van der Waals surface area contributed by atoms with Gasteiger partial charge in [0.05, 0.1) is 7.11 Å². The van der Waals surface area contributed by atoms with Gasteiger partial charge in [-0.1, -0.05) is 13.3 Å². The van der Waals surface area contributed by atoms with Crippen LogP contribution in [0.15, 0.2) is 12.4 Å². The first-order chi connectivity index (χ1) is 9.64. The quantitative estimate of drug-likeness (QED) is 0.808. The van der Waals surface area contributed by atoms with Crippen molar-refractivity contribution in [3.05, 3.63) is 18.2 Å². The van der Waals surface area contributed by atoms with Gasteiger partial charge in [0.15, 0.2) is 0 Å². The number of aromatic nitrogens is 2. The molecule has 1 aromatic rings. The zero-order valence-electron chi connectivity index (χ0n) is 12.7. The van der Waals surface area contributed by atoms with Gasteiger partial charge in [-0.05, 0) is 38.6 Å². The molecule has 20 heavy (non-hydrogen) atoms. The molecule has 0 amide bonds. The van der Waals surface area contributed by atoms with Crippen LogP contribution in [0.5, 0.6) is 0 Å². The minimum absolute atomic E-state index is 0.107. The molecule has 2 atom stereocenters. The molecule has 1 fully saturated rings. The van der Waals surface area contributed by atoms with E-state index in [9.17, 15) is 4.79 Å². The Labute approximate surface area is 120 Å². The summed E-state index contributed by atoms with van der Waals surface area (Å²) >= 11 is 0. The molecule has 0 aliphatic heterocycles. The fraction of sp³-hybridized carbons (Fsp3) is 0.733. The van der Waals surface area contributed by atoms with Crippen molar-refractivity contribution in [2.45, 2.75) is 51.6 Å². The Morgan fingerprint density at radius 3 is 3.05 bits per heavy atom. The van der Waals surface area contributed by atoms with E-state index in [2.05, 4.69) is 14.9 Å². The van der Waals surface area contributed by atoms with Crippen molar-refractivity contribution >= 4 is 5.97 Å². The van der Waals surface area contributed by atoms with Gasteiger partial charge in [-0.15, -0.1) is 0 Å². The zero-order chi connectivity index (χ0) is 14.6. The summed E-state index contributed by atoms with van der Waals surface area (Å²) in [6.07, 6.45) is 7.82. The normalized spacial score (nSPS) is 25.9. The number of likely N-dealkylation sites (N-methyl/N-ethyl adjacent to an activating group) is 1. The number of hydrogen-bond acceptors (Lipinski definition) is 4. The van der Waals surface area contributed by atoms with Gasteiger partial charge < -0.3 is 14.6 Å². The highest BCUT2D eigenvalue weighted by Gasteiger charge is 2.48. The molecule has 112 valence electrons. The molecule has 0 bridgehead atoms. The summed E-state index contributed by atoms with van der Waals surface area (Å²) in [4.78, 5) is 16.5. The third kappa shape index (κ3) is 2.73. The van der Waals surface area contributed by atoms with Crippen LogP contribution in [-0.2, 0) is 16.1 Å². The molecule has 1 aliphatic carbocycles. The summed E-state index contributed by atoms with van der Waals surface area (Å²) in [5.41, 5.74) is -0.488. The fourth-order valence-electron chi connectivity index (χ4n) is 3.47. The van der Waals surface area contributed by atoms with Gasteiger partial charge in [0.1, 0.15) is 11.4 Å². The smallest absolute Gasteiger partial charge is 0.326 e. The summed E-state index contributed by atoms with van der Waals surface area (Å²) < 4.78 is 7.21. The largest absolute Gasteiger partial charge is 0.468 e. The first-order valence-electron chi connectivity index (χ1n) is 7.45. The minimum Gasteiger partial charge on any atom is -0.468 e. The van der Waals surface area contributed by atoms with Gasteiger partial charge in [-0.25, -0.2) is 4.98 Å². The van der Waals surface area contributed by atoms with Crippen LogP contribution in [0.1, 0.15) is 38.4 Å². The van der Waals surface area contributed by atoms with Crippen LogP contribution >= 0.6 is 0 Å². The second kappa shape index (κ2) is 6.39. The van der Waals surface area contributed by atoms with Crippen molar-refractivity contribution < 1.29 is 9.53 Å². The first kappa shape index (κ1) is 15.0. The van der Waals surface area contributed by atoms with E-state index >= 15 is 0 Å². The maximum Gasteiger partial charge on any atom is 0.326 e. The topological polar surface area (TPSA) is 56.1 Å². The van der Waals surface area contributed by atoms with Crippen molar-refractivity contribution in [3.8, 4) is 0 Å². The predicted molar refractivity (Wildman–Crippen MR) is 77.3 cm³/mol. The van der Waals surface area contributed by atoms with E-state index in [1.54, 1.807) is 0 Å². The van der Waals surface area contributed by atoms with Crippen molar-refractivity contribution in [3.63, 3.8) is 0 Å². The van der Waals surface area contributed by atoms with E-state index in [0.717, 1.165) is 44.6 Å². The zero-order valence-corrected chi connectivity index (χ0v) is 12.7. The Balaban J connectivity index is 2.08. The molecule has 0 spiro atoms. The summed E-state index contributed by atoms with van der Waals surface area (Å²) in [6.45, 7) is 5.74. The van der Waals surface area contributed by atoms with Gasteiger partial charge in [-0.3, -0.25) is 4.79 Å². The number of carbonyl (C=O) groups is 1. The van der Waals surface area contributed by atoms with Gasteiger partial charge in [-0.2, -0.15) is 0 Å². The van der Waals surface area contributed by atoms with Crippen molar-refractivity contribution in [2.75, 3.05) is 13.7 Å². The maximum absolute atomic E-state index is 12.3. The average molecular weight is 279 g/mol. The third-order valence-electron chi connectivity index (χ3n) is 4.50.